The number of hydrogen-bond donors (Lipinski definition) is 2. The van der Waals surface area contributed by atoms with E-state index >= 15 is 0 Å². The van der Waals surface area contributed by atoms with Crippen molar-refractivity contribution in [1.29, 1.82) is 0 Å². The Labute approximate surface area is 160 Å². The molecule has 2 N–H and O–H groups in total. The van der Waals surface area contributed by atoms with Crippen molar-refractivity contribution in [3.63, 3.8) is 0 Å². The summed E-state index contributed by atoms with van der Waals surface area (Å²) in [5.41, 5.74) is 6.59. The van der Waals surface area contributed by atoms with Gasteiger partial charge in [0.2, 0.25) is 0 Å². The molecule has 0 saturated heterocycles. The molecule has 0 aliphatic heterocycles. The van der Waals surface area contributed by atoms with Crippen molar-refractivity contribution < 1.29 is 9.90 Å². The molecule has 0 radical (unpaired) electrons. The van der Waals surface area contributed by atoms with E-state index in [1.54, 1.807) is 0 Å². The van der Waals surface area contributed by atoms with Gasteiger partial charge < -0.3 is 10.4 Å². The number of carboxylic acids is 1. The van der Waals surface area contributed by atoms with E-state index in [4.69, 9.17) is 5.11 Å². The molecular weight excluding hydrogens is 338 g/mol. The predicted molar refractivity (Wildman–Crippen MR) is 110 cm³/mol. The fourth-order valence-corrected chi connectivity index (χ4v) is 3.29. The molecule has 0 bridgehead atoms. The lowest BCUT2D eigenvalue weighted by Gasteiger charge is -2.18. The van der Waals surface area contributed by atoms with Crippen LogP contribution in [0.25, 0.3) is 22.0 Å². The molecule has 0 saturated carbocycles. The summed E-state index contributed by atoms with van der Waals surface area (Å²) in [6.07, 6.45) is 2.55. The predicted octanol–water partition coefficient (Wildman–Crippen LogP) is 4.63. The number of benzene rings is 2. The highest BCUT2D eigenvalue weighted by Crippen LogP contribution is 2.33. The molecule has 2 aromatic carbocycles. The van der Waals surface area contributed by atoms with Crippen molar-refractivity contribution in [2.75, 3.05) is 11.9 Å². The van der Waals surface area contributed by atoms with E-state index in [2.05, 4.69) is 54.6 Å². The zero-order chi connectivity index (χ0) is 19.6. The summed E-state index contributed by atoms with van der Waals surface area (Å²) in [5.74, 6) is -0.236. The lowest BCUT2D eigenvalue weighted by molar-refractivity contribution is -0.136. The second kappa shape index (κ2) is 7.82. The fourth-order valence-electron chi connectivity index (χ4n) is 3.29. The van der Waals surface area contributed by atoms with Gasteiger partial charge in [0.15, 0.2) is 0 Å². The van der Waals surface area contributed by atoms with Crippen LogP contribution in [0.2, 0.25) is 0 Å². The largest absolute Gasteiger partial charge is 0.481 e. The number of hydrogen-bond acceptors (Lipinski definition) is 3. The van der Waals surface area contributed by atoms with Crippen molar-refractivity contribution in [1.82, 2.24) is 9.78 Å². The van der Waals surface area contributed by atoms with Crippen LogP contribution in [0, 0.1) is 12.8 Å². The Hall–Kier alpha value is -2.82. The summed E-state index contributed by atoms with van der Waals surface area (Å²) >= 11 is 0. The summed E-state index contributed by atoms with van der Waals surface area (Å²) in [6.45, 7) is 7.30. The number of carboxylic acid groups (broad SMARTS) is 1. The van der Waals surface area contributed by atoms with E-state index in [1.807, 2.05) is 24.9 Å². The number of rotatable bonds is 7. The van der Waals surface area contributed by atoms with Crippen molar-refractivity contribution in [2.24, 2.45) is 13.0 Å². The topological polar surface area (TPSA) is 67.2 Å². The lowest BCUT2D eigenvalue weighted by Crippen LogP contribution is -2.10. The number of aromatic nitrogens is 2. The van der Waals surface area contributed by atoms with Crippen LogP contribution in [-0.2, 0) is 18.3 Å². The van der Waals surface area contributed by atoms with E-state index in [-0.39, 0.29) is 6.42 Å². The Morgan fingerprint density at radius 3 is 2.74 bits per heavy atom. The number of nitrogens with zero attached hydrogens (tertiary/aromatic N) is 2. The molecule has 0 atom stereocenters. The van der Waals surface area contributed by atoms with Crippen LogP contribution in [0.15, 0.2) is 36.5 Å². The van der Waals surface area contributed by atoms with E-state index < -0.39 is 5.97 Å². The van der Waals surface area contributed by atoms with Crippen LogP contribution in [0.5, 0.6) is 0 Å². The third-order valence-electron chi connectivity index (χ3n) is 4.84. The smallest absolute Gasteiger partial charge is 0.303 e. The first-order valence-electron chi connectivity index (χ1n) is 9.36. The first-order chi connectivity index (χ1) is 12.8. The van der Waals surface area contributed by atoms with Crippen LogP contribution in [-0.4, -0.2) is 27.4 Å². The average molecular weight is 365 g/mol. The number of aryl methyl sites for hydroxylation is 3. The van der Waals surface area contributed by atoms with E-state index in [0.717, 1.165) is 45.4 Å². The molecule has 0 aliphatic rings. The molecule has 0 fully saturated rings. The van der Waals surface area contributed by atoms with Gasteiger partial charge in [-0.05, 0) is 60.2 Å². The van der Waals surface area contributed by atoms with Gasteiger partial charge in [-0.2, -0.15) is 5.10 Å². The van der Waals surface area contributed by atoms with Crippen molar-refractivity contribution in [3.05, 3.63) is 47.7 Å². The average Bonchev–Trinajstić information content (AvgIpc) is 2.99. The molecule has 27 heavy (non-hydrogen) atoms. The second-order valence-corrected chi connectivity index (χ2v) is 7.53. The van der Waals surface area contributed by atoms with Gasteiger partial charge in [0.05, 0.1) is 11.7 Å². The standard InChI is InChI=1S/C22H27N3O2/c1-14(2)12-23-20-9-15(3)16(6-8-22(26)27)11-19(20)17-5-7-21-18(10-17)13-24-25(21)4/h5,7,9-11,13-14,23H,6,8,12H2,1-4H3,(H,26,27). The highest BCUT2D eigenvalue weighted by atomic mass is 16.4. The molecule has 0 amide bonds. The molecule has 142 valence electrons. The first-order valence-corrected chi connectivity index (χ1v) is 9.36. The van der Waals surface area contributed by atoms with Crippen LogP contribution in [0.1, 0.15) is 31.4 Å². The van der Waals surface area contributed by atoms with Gasteiger partial charge in [0, 0.05) is 36.7 Å². The van der Waals surface area contributed by atoms with E-state index in [0.29, 0.717) is 12.3 Å². The number of aliphatic carboxylic acids is 1. The summed E-state index contributed by atoms with van der Waals surface area (Å²) in [5, 5.41) is 18.0. The van der Waals surface area contributed by atoms with Crippen LogP contribution in [0.4, 0.5) is 5.69 Å². The maximum Gasteiger partial charge on any atom is 0.303 e. The Bertz CT molecular complexity index is 973. The molecule has 0 spiro atoms. The SMILES string of the molecule is Cc1cc(NCC(C)C)c(-c2ccc3c(cnn3C)c2)cc1CCC(=O)O. The number of fused-ring (bicyclic) bond motifs is 1. The van der Waals surface area contributed by atoms with Crippen molar-refractivity contribution in [2.45, 2.75) is 33.6 Å². The maximum absolute atomic E-state index is 11.0. The van der Waals surface area contributed by atoms with Gasteiger partial charge in [-0.25, -0.2) is 0 Å². The Kier molecular flexibility index (Phi) is 5.49. The minimum atomic E-state index is -0.769. The van der Waals surface area contributed by atoms with Crippen LogP contribution in [0.3, 0.4) is 0 Å². The number of nitrogens with one attached hydrogen (secondary N) is 1. The Morgan fingerprint density at radius 2 is 2.04 bits per heavy atom. The van der Waals surface area contributed by atoms with Crippen LogP contribution >= 0.6 is 0 Å². The van der Waals surface area contributed by atoms with Crippen LogP contribution < -0.4 is 5.32 Å². The Balaban J connectivity index is 2.07. The van der Waals surface area contributed by atoms with Gasteiger partial charge in [0.1, 0.15) is 0 Å². The highest BCUT2D eigenvalue weighted by molar-refractivity contribution is 5.88. The third kappa shape index (κ3) is 4.30. The summed E-state index contributed by atoms with van der Waals surface area (Å²) < 4.78 is 1.87. The summed E-state index contributed by atoms with van der Waals surface area (Å²) in [7, 11) is 1.94. The monoisotopic (exact) mass is 365 g/mol. The molecule has 0 unspecified atom stereocenters. The molecule has 3 aromatic rings. The highest BCUT2D eigenvalue weighted by Gasteiger charge is 2.12. The zero-order valence-electron chi connectivity index (χ0n) is 16.4. The number of carbonyl (C=O) groups is 1. The molecule has 1 heterocycles. The third-order valence-corrected chi connectivity index (χ3v) is 4.84. The van der Waals surface area contributed by atoms with E-state index in [1.165, 1.54) is 0 Å². The van der Waals surface area contributed by atoms with Crippen molar-refractivity contribution in [3.8, 4) is 11.1 Å². The number of anilines is 1. The minimum Gasteiger partial charge on any atom is -0.481 e. The zero-order valence-corrected chi connectivity index (χ0v) is 16.4. The minimum absolute atomic E-state index is 0.140. The normalized spacial score (nSPS) is 11.3. The lowest BCUT2D eigenvalue weighted by atomic mass is 9.94. The molecule has 5 nitrogen and oxygen atoms in total. The molecule has 5 heteroatoms. The summed E-state index contributed by atoms with van der Waals surface area (Å²) in [4.78, 5) is 11.0. The fraction of sp³-hybridized carbons (Fsp3) is 0.364. The first kappa shape index (κ1) is 19.0. The van der Waals surface area contributed by atoms with Gasteiger partial charge >= 0.3 is 5.97 Å². The molecule has 0 aliphatic carbocycles. The molecule has 3 rings (SSSR count). The quantitative estimate of drug-likeness (QED) is 0.640. The maximum atomic E-state index is 11.0. The Morgan fingerprint density at radius 1 is 1.26 bits per heavy atom. The van der Waals surface area contributed by atoms with Crippen molar-refractivity contribution >= 4 is 22.6 Å². The molecular formula is C22H27N3O2. The second-order valence-electron chi connectivity index (χ2n) is 7.53. The van der Waals surface area contributed by atoms with E-state index in [9.17, 15) is 4.79 Å². The van der Waals surface area contributed by atoms with Gasteiger partial charge in [-0.15, -0.1) is 0 Å². The molecule has 1 aromatic heterocycles. The van der Waals surface area contributed by atoms with Gasteiger partial charge in [-0.3, -0.25) is 9.48 Å². The van der Waals surface area contributed by atoms with Gasteiger partial charge in [-0.1, -0.05) is 19.9 Å². The summed E-state index contributed by atoms with van der Waals surface area (Å²) in [6, 6.07) is 10.6. The van der Waals surface area contributed by atoms with Gasteiger partial charge in [0.25, 0.3) is 0 Å².